The number of esters is 2. The molecular weight excluding hydrogens is 356 g/mol. The molecule has 0 saturated carbocycles. The zero-order valence-corrected chi connectivity index (χ0v) is 14.6. The summed E-state index contributed by atoms with van der Waals surface area (Å²) in [7, 11) is 0. The summed E-state index contributed by atoms with van der Waals surface area (Å²) in [5.41, 5.74) is 4.73. The number of anilines is 1. The number of nitrogen functional groups attached to an aromatic ring is 1. The van der Waals surface area contributed by atoms with Gasteiger partial charge in [0, 0.05) is 25.6 Å². The predicted octanol–water partition coefficient (Wildman–Crippen LogP) is 0.550. The maximum atomic E-state index is 14.9. The van der Waals surface area contributed by atoms with Crippen LogP contribution in [0.5, 0.6) is 0 Å². The van der Waals surface area contributed by atoms with E-state index in [0.717, 1.165) is 20.0 Å². The molecule has 2 N–H and O–H groups in total. The van der Waals surface area contributed by atoms with Crippen LogP contribution in [-0.4, -0.2) is 45.7 Å². The first-order valence-corrected chi connectivity index (χ1v) is 7.68. The van der Waals surface area contributed by atoms with Crippen molar-refractivity contribution in [2.45, 2.75) is 58.2 Å². The van der Waals surface area contributed by atoms with Crippen molar-refractivity contribution in [2.75, 3.05) is 5.73 Å². The normalized spacial score (nSPS) is 25.5. The topological polar surface area (TPSA) is 123 Å². The molecule has 9 nitrogen and oxygen atoms in total. The number of carbonyl (C=O) groups excluding carboxylic acids is 2. The molecule has 1 aliphatic rings. The summed E-state index contributed by atoms with van der Waals surface area (Å²) in [5.74, 6) is -5.60. The van der Waals surface area contributed by atoms with Crippen molar-refractivity contribution in [3.05, 3.63) is 22.2 Å². The summed E-state index contributed by atoms with van der Waals surface area (Å²) >= 11 is 0. The van der Waals surface area contributed by atoms with Gasteiger partial charge in [-0.2, -0.15) is 13.8 Å². The van der Waals surface area contributed by atoms with Crippen molar-refractivity contribution in [1.82, 2.24) is 9.55 Å². The van der Waals surface area contributed by atoms with Crippen molar-refractivity contribution in [3.8, 4) is 0 Å². The molecule has 11 heteroatoms. The van der Waals surface area contributed by atoms with E-state index in [4.69, 9.17) is 19.9 Å². The minimum absolute atomic E-state index is 0.103. The van der Waals surface area contributed by atoms with Crippen LogP contribution in [0.1, 0.15) is 32.6 Å². The van der Waals surface area contributed by atoms with E-state index < -0.39 is 48.1 Å². The lowest BCUT2D eigenvalue weighted by Crippen LogP contribution is -2.46. The molecule has 0 bridgehead atoms. The number of hydrogen-bond acceptors (Lipinski definition) is 8. The Balaban J connectivity index is 2.48. The highest BCUT2D eigenvalue weighted by molar-refractivity contribution is 5.67. The number of rotatable bonds is 4. The number of carbonyl (C=O) groups is 2. The van der Waals surface area contributed by atoms with Gasteiger partial charge in [0.25, 0.3) is 0 Å². The number of nitrogens with two attached hydrogens (primary N) is 1. The van der Waals surface area contributed by atoms with Crippen LogP contribution >= 0.6 is 0 Å². The van der Waals surface area contributed by atoms with E-state index in [9.17, 15) is 23.2 Å². The smallest absolute Gasteiger partial charge is 0.351 e. The molecule has 4 atom stereocenters. The van der Waals surface area contributed by atoms with Crippen LogP contribution in [0.4, 0.5) is 14.6 Å². The second-order valence-corrected chi connectivity index (χ2v) is 5.97. The molecule has 0 spiro atoms. The zero-order valence-electron chi connectivity index (χ0n) is 14.6. The van der Waals surface area contributed by atoms with Gasteiger partial charge in [0.1, 0.15) is 18.0 Å². The lowest BCUT2D eigenvalue weighted by Gasteiger charge is -2.25. The molecule has 1 aromatic rings. The average molecular weight is 375 g/mol. The molecule has 1 aromatic heterocycles. The monoisotopic (exact) mass is 375 g/mol. The summed E-state index contributed by atoms with van der Waals surface area (Å²) in [6.07, 6.45) is -5.76. The SMILES string of the molecule is CC(=O)OC(C)C1OC(n2cc(C)c(N)nc2=O)C(F)(F)C1OC(C)=O. The van der Waals surface area contributed by atoms with E-state index in [0.29, 0.717) is 4.57 Å². The Hall–Kier alpha value is -2.56. The highest BCUT2D eigenvalue weighted by atomic mass is 19.3. The van der Waals surface area contributed by atoms with Gasteiger partial charge in [-0.05, 0) is 13.8 Å². The molecular formula is C15H19F2N3O6. The quantitative estimate of drug-likeness (QED) is 0.757. The Labute approximate surface area is 147 Å². The van der Waals surface area contributed by atoms with Crippen molar-refractivity contribution in [2.24, 2.45) is 0 Å². The summed E-state index contributed by atoms with van der Waals surface area (Å²) in [4.78, 5) is 37.9. The van der Waals surface area contributed by atoms with E-state index in [1.807, 2.05) is 0 Å². The molecule has 1 fully saturated rings. The van der Waals surface area contributed by atoms with Gasteiger partial charge in [-0.3, -0.25) is 14.2 Å². The maximum absolute atomic E-state index is 14.9. The van der Waals surface area contributed by atoms with E-state index >= 15 is 0 Å². The molecule has 144 valence electrons. The largest absolute Gasteiger partial charge is 0.460 e. The second-order valence-electron chi connectivity index (χ2n) is 5.97. The van der Waals surface area contributed by atoms with Gasteiger partial charge in [0.15, 0.2) is 6.10 Å². The molecule has 0 aromatic carbocycles. The van der Waals surface area contributed by atoms with Crippen LogP contribution in [0.2, 0.25) is 0 Å². The number of ether oxygens (including phenoxy) is 3. The molecule has 1 saturated heterocycles. The molecule has 26 heavy (non-hydrogen) atoms. The summed E-state index contributed by atoms with van der Waals surface area (Å²) in [6, 6.07) is 0. The van der Waals surface area contributed by atoms with Crippen molar-refractivity contribution in [1.29, 1.82) is 0 Å². The molecule has 1 aliphatic heterocycles. The van der Waals surface area contributed by atoms with E-state index in [-0.39, 0.29) is 11.4 Å². The molecule has 2 heterocycles. The van der Waals surface area contributed by atoms with Gasteiger partial charge in [0.05, 0.1) is 0 Å². The minimum Gasteiger partial charge on any atom is -0.460 e. The molecule has 0 radical (unpaired) electrons. The number of aromatic nitrogens is 2. The molecule has 2 rings (SSSR count). The maximum Gasteiger partial charge on any atom is 0.351 e. The van der Waals surface area contributed by atoms with Gasteiger partial charge in [0.2, 0.25) is 6.23 Å². The van der Waals surface area contributed by atoms with Crippen molar-refractivity contribution < 1.29 is 32.6 Å². The Bertz CT molecular complexity index is 781. The second kappa shape index (κ2) is 6.98. The lowest BCUT2D eigenvalue weighted by atomic mass is 10.1. The van der Waals surface area contributed by atoms with Crippen molar-refractivity contribution in [3.63, 3.8) is 0 Å². The van der Waals surface area contributed by atoms with Gasteiger partial charge in [-0.25, -0.2) is 4.79 Å². The van der Waals surface area contributed by atoms with Gasteiger partial charge in [-0.15, -0.1) is 0 Å². The summed E-state index contributed by atoms with van der Waals surface area (Å²) < 4.78 is 45.3. The summed E-state index contributed by atoms with van der Waals surface area (Å²) in [6.45, 7) is 4.85. The van der Waals surface area contributed by atoms with Crippen LogP contribution in [0, 0.1) is 6.92 Å². The van der Waals surface area contributed by atoms with Crippen LogP contribution in [0.15, 0.2) is 11.0 Å². The number of nitrogens with zero attached hydrogens (tertiary/aromatic N) is 2. The lowest BCUT2D eigenvalue weighted by molar-refractivity contribution is -0.176. The average Bonchev–Trinajstić information content (AvgIpc) is 2.74. The Morgan fingerprint density at radius 1 is 1.38 bits per heavy atom. The third kappa shape index (κ3) is 3.66. The standard InChI is InChI=1S/C15H19F2N3O6/c1-6-5-20(14(23)19-12(6)18)13-15(16,17)11(25-9(4)22)10(26-13)7(2)24-8(3)21/h5,7,10-11,13H,1-4H3,(H2,18,19,23). The summed E-state index contributed by atoms with van der Waals surface area (Å²) in [5, 5.41) is 0. The van der Waals surface area contributed by atoms with E-state index in [1.54, 1.807) is 0 Å². The molecule has 0 amide bonds. The zero-order chi connectivity index (χ0) is 19.8. The fourth-order valence-electron chi connectivity index (χ4n) is 2.68. The van der Waals surface area contributed by atoms with Crippen LogP contribution in [0.25, 0.3) is 0 Å². The Morgan fingerprint density at radius 2 is 2.00 bits per heavy atom. The molecule has 0 aliphatic carbocycles. The first-order valence-electron chi connectivity index (χ1n) is 7.68. The minimum atomic E-state index is -3.79. The van der Waals surface area contributed by atoms with Crippen molar-refractivity contribution >= 4 is 17.8 Å². The van der Waals surface area contributed by atoms with Gasteiger partial charge in [-0.1, -0.05) is 0 Å². The van der Waals surface area contributed by atoms with Gasteiger partial charge < -0.3 is 19.9 Å². The van der Waals surface area contributed by atoms with Gasteiger partial charge >= 0.3 is 23.6 Å². The highest BCUT2D eigenvalue weighted by Crippen LogP contribution is 2.45. The Morgan fingerprint density at radius 3 is 2.54 bits per heavy atom. The van der Waals surface area contributed by atoms with E-state index in [2.05, 4.69) is 4.98 Å². The number of aryl methyl sites for hydroxylation is 1. The third-order valence-electron chi connectivity index (χ3n) is 3.83. The predicted molar refractivity (Wildman–Crippen MR) is 83.3 cm³/mol. The first-order chi connectivity index (χ1) is 11.9. The number of alkyl halides is 2. The third-order valence-corrected chi connectivity index (χ3v) is 3.83. The number of halogens is 2. The highest BCUT2D eigenvalue weighted by Gasteiger charge is 2.64. The fourth-order valence-corrected chi connectivity index (χ4v) is 2.68. The Kier molecular flexibility index (Phi) is 5.31. The molecule has 4 unspecified atom stereocenters. The van der Waals surface area contributed by atoms with Crippen LogP contribution in [0.3, 0.4) is 0 Å². The van der Waals surface area contributed by atoms with Crippen LogP contribution < -0.4 is 11.4 Å². The fraction of sp³-hybridized carbons (Fsp3) is 0.600. The van der Waals surface area contributed by atoms with Crippen LogP contribution in [-0.2, 0) is 23.8 Å². The first kappa shape index (κ1) is 19.8. The number of hydrogen-bond donors (Lipinski definition) is 1. The van der Waals surface area contributed by atoms with E-state index in [1.165, 1.54) is 13.8 Å².